The van der Waals surface area contributed by atoms with Crippen LogP contribution in [0.3, 0.4) is 0 Å². The third kappa shape index (κ3) is 1.66. The molecule has 0 unspecified atom stereocenters. The highest BCUT2D eigenvalue weighted by atomic mass is 16.5. The number of benzene rings is 1. The Balaban J connectivity index is 2.23. The highest BCUT2D eigenvalue weighted by Gasteiger charge is 2.11. The Morgan fingerprint density at radius 3 is 2.88 bits per heavy atom. The van der Waals surface area contributed by atoms with E-state index in [0.717, 1.165) is 16.5 Å². The molecule has 2 N–H and O–H groups in total. The van der Waals surface area contributed by atoms with Crippen LogP contribution in [0, 0.1) is 0 Å². The van der Waals surface area contributed by atoms with Gasteiger partial charge in [0.1, 0.15) is 0 Å². The first kappa shape index (κ1) is 9.92. The maximum atomic E-state index is 5.46. The summed E-state index contributed by atoms with van der Waals surface area (Å²) in [5, 5.41) is 4.77. The van der Waals surface area contributed by atoms with E-state index >= 15 is 0 Å². The Morgan fingerprint density at radius 1 is 1.18 bits per heavy atom. The molecule has 5 nitrogen and oxygen atoms in total. The summed E-state index contributed by atoms with van der Waals surface area (Å²) in [6.45, 7) is 0.270. The smallest absolute Gasteiger partial charge is 0.258 e. The van der Waals surface area contributed by atoms with Crippen molar-refractivity contribution in [2.24, 2.45) is 5.73 Å². The van der Waals surface area contributed by atoms with Gasteiger partial charge in [0.05, 0.1) is 17.6 Å². The van der Waals surface area contributed by atoms with Gasteiger partial charge in [-0.1, -0.05) is 23.4 Å². The van der Waals surface area contributed by atoms with E-state index < -0.39 is 0 Å². The summed E-state index contributed by atoms with van der Waals surface area (Å²) in [5.74, 6) is 0.977. The molecule has 1 aromatic carbocycles. The average molecular weight is 226 g/mol. The van der Waals surface area contributed by atoms with Crippen molar-refractivity contribution in [1.82, 2.24) is 15.1 Å². The second-order valence-corrected chi connectivity index (χ2v) is 3.60. The number of rotatable bonds is 2. The number of hydrogen-bond donors (Lipinski definition) is 1. The SMILES string of the molecule is NCc1noc(-c2ccnc3ccccc23)n1. The van der Waals surface area contributed by atoms with Crippen LogP contribution in [0.4, 0.5) is 0 Å². The largest absolute Gasteiger partial charge is 0.334 e. The Morgan fingerprint density at radius 2 is 2.06 bits per heavy atom. The molecule has 0 saturated heterocycles. The van der Waals surface area contributed by atoms with Crippen LogP contribution in [0.2, 0.25) is 0 Å². The molecular weight excluding hydrogens is 216 g/mol. The first-order valence-electron chi connectivity index (χ1n) is 5.25. The molecule has 3 rings (SSSR count). The normalized spacial score (nSPS) is 10.9. The van der Waals surface area contributed by atoms with Crippen LogP contribution in [-0.4, -0.2) is 15.1 Å². The van der Waals surface area contributed by atoms with Crippen molar-refractivity contribution in [2.75, 3.05) is 0 Å². The summed E-state index contributed by atoms with van der Waals surface area (Å²) in [4.78, 5) is 8.50. The summed E-state index contributed by atoms with van der Waals surface area (Å²) in [7, 11) is 0. The minimum atomic E-state index is 0.270. The molecule has 5 heteroatoms. The van der Waals surface area contributed by atoms with Crippen LogP contribution in [0.5, 0.6) is 0 Å². The van der Waals surface area contributed by atoms with Crippen molar-refractivity contribution < 1.29 is 4.52 Å². The predicted molar refractivity (Wildman–Crippen MR) is 62.9 cm³/mol. The topological polar surface area (TPSA) is 77.8 Å². The molecule has 84 valence electrons. The average Bonchev–Trinajstić information content (AvgIpc) is 2.87. The lowest BCUT2D eigenvalue weighted by molar-refractivity contribution is 0.423. The molecule has 0 radical (unpaired) electrons. The predicted octanol–water partition coefficient (Wildman–Crippen LogP) is 1.74. The first-order chi connectivity index (χ1) is 8.38. The van der Waals surface area contributed by atoms with Gasteiger partial charge >= 0.3 is 0 Å². The fourth-order valence-corrected chi connectivity index (χ4v) is 1.73. The van der Waals surface area contributed by atoms with Crippen molar-refractivity contribution in [1.29, 1.82) is 0 Å². The van der Waals surface area contributed by atoms with Gasteiger partial charge in [0.25, 0.3) is 5.89 Å². The van der Waals surface area contributed by atoms with Crippen LogP contribution >= 0.6 is 0 Å². The molecule has 0 aliphatic carbocycles. The lowest BCUT2D eigenvalue weighted by Crippen LogP contribution is -1.97. The van der Waals surface area contributed by atoms with Crippen molar-refractivity contribution >= 4 is 10.9 Å². The maximum Gasteiger partial charge on any atom is 0.258 e. The zero-order valence-electron chi connectivity index (χ0n) is 9.00. The van der Waals surface area contributed by atoms with Crippen LogP contribution in [0.15, 0.2) is 41.1 Å². The second-order valence-electron chi connectivity index (χ2n) is 3.60. The third-order valence-electron chi connectivity index (χ3n) is 2.53. The summed E-state index contributed by atoms with van der Waals surface area (Å²) in [6, 6.07) is 9.67. The molecule has 2 heterocycles. The number of pyridine rings is 1. The summed E-state index contributed by atoms with van der Waals surface area (Å²) < 4.78 is 5.18. The number of nitrogens with two attached hydrogens (primary N) is 1. The van der Waals surface area contributed by atoms with Crippen LogP contribution in [0.1, 0.15) is 5.82 Å². The Hall–Kier alpha value is -2.27. The summed E-state index contributed by atoms with van der Waals surface area (Å²) in [5.41, 5.74) is 7.23. The van der Waals surface area contributed by atoms with Gasteiger partial charge in [-0.3, -0.25) is 4.98 Å². The molecule has 0 amide bonds. The number of hydrogen-bond acceptors (Lipinski definition) is 5. The number of fused-ring (bicyclic) bond motifs is 1. The Bertz CT molecular complexity index is 657. The lowest BCUT2D eigenvalue weighted by atomic mass is 10.1. The van der Waals surface area contributed by atoms with Crippen molar-refractivity contribution in [3.63, 3.8) is 0 Å². The van der Waals surface area contributed by atoms with E-state index in [1.165, 1.54) is 0 Å². The quantitative estimate of drug-likeness (QED) is 0.720. The van der Waals surface area contributed by atoms with E-state index in [9.17, 15) is 0 Å². The molecule has 3 aromatic rings. The van der Waals surface area contributed by atoms with E-state index in [1.54, 1.807) is 6.20 Å². The highest BCUT2D eigenvalue weighted by molar-refractivity contribution is 5.91. The highest BCUT2D eigenvalue weighted by Crippen LogP contribution is 2.25. The summed E-state index contributed by atoms with van der Waals surface area (Å²) >= 11 is 0. The van der Waals surface area contributed by atoms with E-state index in [0.29, 0.717) is 11.7 Å². The van der Waals surface area contributed by atoms with Crippen molar-refractivity contribution in [2.45, 2.75) is 6.54 Å². The fourth-order valence-electron chi connectivity index (χ4n) is 1.73. The van der Waals surface area contributed by atoms with Gasteiger partial charge in [-0.25, -0.2) is 0 Å². The molecule has 0 fully saturated rings. The fraction of sp³-hybridized carbons (Fsp3) is 0.0833. The molecular formula is C12H10N4O. The van der Waals surface area contributed by atoms with Crippen molar-refractivity contribution in [3.8, 4) is 11.5 Å². The Kier molecular flexibility index (Phi) is 2.31. The lowest BCUT2D eigenvalue weighted by Gasteiger charge is -2.00. The minimum absolute atomic E-state index is 0.270. The van der Waals surface area contributed by atoms with Crippen molar-refractivity contribution in [3.05, 3.63) is 42.4 Å². The molecule has 17 heavy (non-hydrogen) atoms. The molecule has 2 aromatic heterocycles. The first-order valence-corrected chi connectivity index (χ1v) is 5.25. The third-order valence-corrected chi connectivity index (χ3v) is 2.53. The Labute approximate surface area is 97.3 Å². The van der Waals surface area contributed by atoms with Gasteiger partial charge in [-0.15, -0.1) is 0 Å². The second kappa shape index (κ2) is 3.95. The molecule has 0 atom stereocenters. The van der Waals surface area contributed by atoms with Gasteiger partial charge < -0.3 is 10.3 Å². The van der Waals surface area contributed by atoms with Crippen LogP contribution < -0.4 is 5.73 Å². The number of aromatic nitrogens is 3. The zero-order valence-corrected chi connectivity index (χ0v) is 9.00. The zero-order chi connectivity index (χ0) is 11.7. The summed E-state index contributed by atoms with van der Waals surface area (Å²) in [6.07, 6.45) is 1.73. The maximum absolute atomic E-state index is 5.46. The van der Waals surface area contributed by atoms with Gasteiger partial charge in [-0.2, -0.15) is 4.98 Å². The van der Waals surface area contributed by atoms with E-state index in [2.05, 4.69) is 15.1 Å². The van der Waals surface area contributed by atoms with E-state index in [-0.39, 0.29) is 6.54 Å². The molecule has 0 aliphatic heterocycles. The van der Waals surface area contributed by atoms with Gasteiger partial charge in [0.15, 0.2) is 5.82 Å². The van der Waals surface area contributed by atoms with Gasteiger partial charge in [-0.05, 0) is 12.1 Å². The molecule has 0 aliphatic rings. The van der Waals surface area contributed by atoms with Crippen LogP contribution in [0.25, 0.3) is 22.4 Å². The monoisotopic (exact) mass is 226 g/mol. The number of para-hydroxylation sites is 1. The molecule has 0 bridgehead atoms. The standard InChI is InChI=1S/C12H10N4O/c13-7-11-15-12(17-16-11)9-5-6-14-10-4-2-1-3-8(9)10/h1-6H,7,13H2. The van der Waals surface area contributed by atoms with E-state index in [1.807, 2.05) is 30.3 Å². The van der Waals surface area contributed by atoms with E-state index in [4.69, 9.17) is 10.3 Å². The minimum Gasteiger partial charge on any atom is -0.334 e. The molecule has 0 saturated carbocycles. The van der Waals surface area contributed by atoms with Gasteiger partial charge in [0.2, 0.25) is 0 Å². The van der Waals surface area contributed by atoms with Crippen LogP contribution in [-0.2, 0) is 6.54 Å². The molecule has 0 spiro atoms. The number of nitrogens with zero attached hydrogens (tertiary/aromatic N) is 3. The van der Waals surface area contributed by atoms with Gasteiger partial charge in [0, 0.05) is 11.6 Å².